The summed E-state index contributed by atoms with van der Waals surface area (Å²) in [4.78, 5) is 17.7. The van der Waals surface area contributed by atoms with Gasteiger partial charge in [0.15, 0.2) is 0 Å². The van der Waals surface area contributed by atoms with Gasteiger partial charge in [-0.25, -0.2) is 9.37 Å². The minimum absolute atomic E-state index is 0.153. The molecule has 0 atom stereocenters. The van der Waals surface area contributed by atoms with Crippen LogP contribution in [0.2, 0.25) is 0 Å². The Kier molecular flexibility index (Phi) is 2.91. The van der Waals surface area contributed by atoms with Crippen LogP contribution in [0.15, 0.2) is 29.1 Å². The summed E-state index contributed by atoms with van der Waals surface area (Å²) in [7, 11) is 0. The largest absolute Gasteiger partial charge is 0.438 e. The third kappa shape index (κ3) is 2.69. The lowest BCUT2D eigenvalue weighted by molar-refractivity contribution is 0.450. The van der Waals surface area contributed by atoms with E-state index in [2.05, 4.69) is 9.97 Å². The average molecular weight is 234 g/mol. The summed E-state index contributed by atoms with van der Waals surface area (Å²) in [5, 5.41) is 0. The molecule has 0 saturated carbocycles. The summed E-state index contributed by atoms with van der Waals surface area (Å²) in [5.74, 6) is 0.552. The molecule has 0 saturated heterocycles. The van der Waals surface area contributed by atoms with Gasteiger partial charge < -0.3 is 9.72 Å². The zero-order chi connectivity index (χ0) is 12.4. The van der Waals surface area contributed by atoms with Crippen molar-refractivity contribution < 1.29 is 9.13 Å². The topological polar surface area (TPSA) is 55.0 Å². The summed E-state index contributed by atoms with van der Waals surface area (Å²) in [6, 6.07) is 5.42. The van der Waals surface area contributed by atoms with E-state index in [4.69, 9.17) is 4.74 Å². The SMILES string of the molecule is Cc1nc(Oc2cc(F)ccc2C)cc(=O)[nH]1. The quantitative estimate of drug-likeness (QED) is 0.867. The van der Waals surface area contributed by atoms with Gasteiger partial charge in [0.25, 0.3) is 5.56 Å². The van der Waals surface area contributed by atoms with Crippen LogP contribution < -0.4 is 10.3 Å². The number of rotatable bonds is 2. The molecule has 2 rings (SSSR count). The Balaban J connectivity index is 2.37. The fraction of sp³-hybridized carbons (Fsp3) is 0.167. The van der Waals surface area contributed by atoms with Crippen LogP contribution in [0.5, 0.6) is 11.6 Å². The molecule has 17 heavy (non-hydrogen) atoms. The molecule has 88 valence electrons. The summed E-state index contributed by atoms with van der Waals surface area (Å²) in [6.45, 7) is 3.43. The Morgan fingerprint density at radius 2 is 2.06 bits per heavy atom. The third-order valence-corrected chi connectivity index (χ3v) is 2.20. The number of nitrogens with zero attached hydrogens (tertiary/aromatic N) is 1. The van der Waals surface area contributed by atoms with E-state index < -0.39 is 5.82 Å². The Hall–Kier alpha value is -2.17. The molecule has 1 heterocycles. The summed E-state index contributed by atoms with van der Waals surface area (Å²) >= 11 is 0. The van der Waals surface area contributed by atoms with Gasteiger partial charge in [-0.3, -0.25) is 4.79 Å². The molecule has 1 aromatic carbocycles. The van der Waals surface area contributed by atoms with E-state index in [-0.39, 0.29) is 11.4 Å². The molecule has 0 bridgehead atoms. The highest BCUT2D eigenvalue weighted by Gasteiger charge is 2.05. The minimum Gasteiger partial charge on any atom is -0.438 e. The van der Waals surface area contributed by atoms with Gasteiger partial charge in [0.2, 0.25) is 5.88 Å². The second-order valence-corrected chi connectivity index (χ2v) is 3.68. The number of halogens is 1. The third-order valence-electron chi connectivity index (χ3n) is 2.20. The summed E-state index contributed by atoms with van der Waals surface area (Å²) in [6.07, 6.45) is 0. The number of benzene rings is 1. The molecule has 2 aromatic rings. The predicted molar refractivity (Wildman–Crippen MR) is 60.8 cm³/mol. The Morgan fingerprint density at radius 1 is 1.29 bits per heavy atom. The number of aromatic nitrogens is 2. The molecule has 4 nitrogen and oxygen atoms in total. The van der Waals surface area contributed by atoms with Crippen LogP contribution in [0.4, 0.5) is 4.39 Å². The van der Waals surface area contributed by atoms with Crippen molar-refractivity contribution in [2.24, 2.45) is 0 Å². The van der Waals surface area contributed by atoms with Crippen LogP contribution in [-0.4, -0.2) is 9.97 Å². The van der Waals surface area contributed by atoms with Gasteiger partial charge in [0.05, 0.1) is 6.07 Å². The fourth-order valence-corrected chi connectivity index (χ4v) is 1.40. The first kappa shape index (κ1) is 11.3. The summed E-state index contributed by atoms with van der Waals surface area (Å²) < 4.78 is 18.4. The van der Waals surface area contributed by atoms with Gasteiger partial charge in [-0.05, 0) is 25.5 Å². The first-order chi connectivity index (χ1) is 8.04. The van der Waals surface area contributed by atoms with Crippen molar-refractivity contribution in [3.63, 3.8) is 0 Å². The smallest absolute Gasteiger partial charge is 0.254 e. The van der Waals surface area contributed by atoms with E-state index >= 15 is 0 Å². The van der Waals surface area contributed by atoms with Crippen molar-refractivity contribution in [3.8, 4) is 11.6 Å². The lowest BCUT2D eigenvalue weighted by atomic mass is 10.2. The number of hydrogen-bond acceptors (Lipinski definition) is 3. The van der Waals surface area contributed by atoms with Crippen LogP contribution in [0, 0.1) is 19.7 Å². The van der Waals surface area contributed by atoms with E-state index in [9.17, 15) is 9.18 Å². The van der Waals surface area contributed by atoms with Crippen LogP contribution in [0.3, 0.4) is 0 Å². The molecule has 0 spiro atoms. The van der Waals surface area contributed by atoms with Gasteiger partial charge in [-0.15, -0.1) is 0 Å². The van der Waals surface area contributed by atoms with Crippen LogP contribution >= 0.6 is 0 Å². The molecule has 0 amide bonds. The number of hydrogen-bond donors (Lipinski definition) is 1. The van der Waals surface area contributed by atoms with Crippen molar-refractivity contribution in [2.75, 3.05) is 0 Å². The van der Waals surface area contributed by atoms with Gasteiger partial charge in [-0.1, -0.05) is 6.07 Å². The van der Waals surface area contributed by atoms with Crippen molar-refractivity contribution in [1.82, 2.24) is 9.97 Å². The average Bonchev–Trinajstić information content (AvgIpc) is 2.22. The Labute approximate surface area is 97.1 Å². The van der Waals surface area contributed by atoms with Gasteiger partial charge in [0, 0.05) is 6.07 Å². The van der Waals surface area contributed by atoms with Crippen LogP contribution in [0.1, 0.15) is 11.4 Å². The molecule has 1 aromatic heterocycles. The minimum atomic E-state index is -0.396. The van der Waals surface area contributed by atoms with Gasteiger partial charge in [0.1, 0.15) is 17.4 Å². The maximum atomic E-state index is 13.0. The first-order valence-electron chi connectivity index (χ1n) is 5.06. The monoisotopic (exact) mass is 234 g/mol. The van der Waals surface area contributed by atoms with E-state index in [1.165, 1.54) is 18.2 Å². The number of nitrogens with one attached hydrogen (secondary N) is 1. The van der Waals surface area contributed by atoms with Crippen LogP contribution in [-0.2, 0) is 0 Å². The van der Waals surface area contributed by atoms with Crippen LogP contribution in [0.25, 0.3) is 0 Å². The van der Waals surface area contributed by atoms with E-state index in [1.807, 2.05) is 0 Å². The van der Waals surface area contributed by atoms with Gasteiger partial charge >= 0.3 is 0 Å². The van der Waals surface area contributed by atoms with Crippen molar-refractivity contribution in [3.05, 3.63) is 51.8 Å². The maximum absolute atomic E-state index is 13.0. The highest BCUT2D eigenvalue weighted by atomic mass is 19.1. The fourth-order valence-electron chi connectivity index (χ4n) is 1.40. The van der Waals surface area contributed by atoms with Crippen molar-refractivity contribution in [1.29, 1.82) is 0 Å². The number of H-pyrrole nitrogens is 1. The molecule has 0 aliphatic carbocycles. The van der Waals surface area contributed by atoms with Crippen molar-refractivity contribution in [2.45, 2.75) is 13.8 Å². The van der Waals surface area contributed by atoms with E-state index in [0.717, 1.165) is 5.56 Å². The zero-order valence-corrected chi connectivity index (χ0v) is 9.45. The Morgan fingerprint density at radius 3 is 2.76 bits per heavy atom. The molecule has 0 unspecified atom stereocenters. The molecule has 5 heteroatoms. The first-order valence-corrected chi connectivity index (χ1v) is 5.06. The normalized spacial score (nSPS) is 10.3. The second-order valence-electron chi connectivity index (χ2n) is 3.68. The maximum Gasteiger partial charge on any atom is 0.254 e. The molecular weight excluding hydrogens is 223 g/mol. The highest BCUT2D eigenvalue weighted by Crippen LogP contribution is 2.23. The molecule has 0 aliphatic heterocycles. The Bertz CT molecular complexity index is 608. The van der Waals surface area contributed by atoms with Gasteiger partial charge in [-0.2, -0.15) is 0 Å². The molecule has 1 N–H and O–H groups in total. The summed E-state index contributed by atoms with van der Waals surface area (Å²) in [5.41, 5.74) is 0.465. The number of aromatic amines is 1. The van der Waals surface area contributed by atoms with E-state index in [0.29, 0.717) is 11.6 Å². The van der Waals surface area contributed by atoms with E-state index in [1.54, 1.807) is 19.9 Å². The lowest BCUT2D eigenvalue weighted by Crippen LogP contribution is -2.08. The molecule has 0 radical (unpaired) electrons. The number of ether oxygens (including phenoxy) is 1. The highest BCUT2D eigenvalue weighted by molar-refractivity contribution is 5.35. The zero-order valence-electron chi connectivity index (χ0n) is 9.45. The molecular formula is C12H11FN2O2. The standard InChI is InChI=1S/C12H11FN2O2/c1-7-3-4-9(13)5-10(7)17-12-6-11(16)14-8(2)15-12/h3-6H,1-2H3,(H,14,15,16). The van der Waals surface area contributed by atoms with Crippen molar-refractivity contribution >= 4 is 0 Å². The lowest BCUT2D eigenvalue weighted by Gasteiger charge is -2.07. The molecule has 0 fully saturated rings. The molecule has 0 aliphatic rings. The number of aryl methyl sites for hydroxylation is 2. The second kappa shape index (κ2) is 4.37. The predicted octanol–water partition coefficient (Wildman–Crippen LogP) is 2.32.